The molecule has 2 N–H and O–H groups in total. The highest BCUT2D eigenvalue weighted by Crippen LogP contribution is 2.34. The van der Waals surface area contributed by atoms with Gasteiger partial charge in [-0.15, -0.1) is 0 Å². The Morgan fingerprint density at radius 3 is 2.56 bits per heavy atom. The number of benzene rings is 1. The summed E-state index contributed by atoms with van der Waals surface area (Å²) >= 11 is 0. The van der Waals surface area contributed by atoms with Crippen LogP contribution in [-0.4, -0.2) is 45.1 Å². The van der Waals surface area contributed by atoms with E-state index in [1.54, 1.807) is 18.2 Å². The van der Waals surface area contributed by atoms with Gasteiger partial charge in [0.05, 0.1) is 18.5 Å². The number of carbonyl (C=O) groups is 2. The molecule has 3 rings (SSSR count). The molecular formula is C19H27N3O4S. The minimum atomic E-state index is -3.35. The molecule has 1 aliphatic carbocycles. The Morgan fingerprint density at radius 1 is 1.19 bits per heavy atom. The van der Waals surface area contributed by atoms with Gasteiger partial charge in [0.1, 0.15) is 0 Å². The van der Waals surface area contributed by atoms with Gasteiger partial charge in [-0.1, -0.05) is 19.3 Å². The number of carbonyl (C=O) groups excluding carboxylic acids is 2. The van der Waals surface area contributed by atoms with Crippen molar-refractivity contribution in [1.82, 2.24) is 10.6 Å². The van der Waals surface area contributed by atoms with Crippen LogP contribution < -0.4 is 14.9 Å². The van der Waals surface area contributed by atoms with E-state index in [1.807, 2.05) is 6.92 Å². The fourth-order valence-corrected chi connectivity index (χ4v) is 5.30. The van der Waals surface area contributed by atoms with Crippen LogP contribution in [0.2, 0.25) is 0 Å². The summed E-state index contributed by atoms with van der Waals surface area (Å²) in [5, 5.41) is 5.62. The molecule has 1 fully saturated rings. The molecule has 0 aromatic heterocycles. The summed E-state index contributed by atoms with van der Waals surface area (Å²) < 4.78 is 25.3. The summed E-state index contributed by atoms with van der Waals surface area (Å²) in [7, 11) is -3.35. The fraction of sp³-hybridized carbons (Fsp3) is 0.579. The van der Waals surface area contributed by atoms with Gasteiger partial charge < -0.3 is 10.6 Å². The zero-order chi connectivity index (χ0) is 19.6. The van der Waals surface area contributed by atoms with E-state index in [0.717, 1.165) is 31.2 Å². The number of rotatable bonds is 5. The SMILES string of the molecule is CC1Cc2cc(C(=O)NCC(=O)NC3CCCCC3)ccc2N1S(C)(=O)=O. The molecular weight excluding hydrogens is 366 g/mol. The van der Waals surface area contributed by atoms with Crippen LogP contribution in [0.5, 0.6) is 0 Å². The van der Waals surface area contributed by atoms with E-state index in [4.69, 9.17) is 0 Å². The lowest BCUT2D eigenvalue weighted by Gasteiger charge is -2.22. The molecule has 1 aliphatic heterocycles. The van der Waals surface area contributed by atoms with E-state index < -0.39 is 10.0 Å². The first kappa shape index (κ1) is 19.7. The summed E-state index contributed by atoms with van der Waals surface area (Å²) in [5.41, 5.74) is 1.88. The van der Waals surface area contributed by atoms with E-state index in [9.17, 15) is 18.0 Å². The van der Waals surface area contributed by atoms with Gasteiger partial charge >= 0.3 is 0 Å². The molecule has 1 saturated carbocycles. The first-order chi connectivity index (χ1) is 12.8. The number of anilines is 1. The molecule has 0 saturated heterocycles. The monoisotopic (exact) mass is 393 g/mol. The second-order valence-electron chi connectivity index (χ2n) is 7.54. The third-order valence-electron chi connectivity index (χ3n) is 5.23. The van der Waals surface area contributed by atoms with E-state index in [0.29, 0.717) is 17.7 Å². The Morgan fingerprint density at radius 2 is 1.89 bits per heavy atom. The lowest BCUT2D eigenvalue weighted by Crippen LogP contribution is -2.42. The molecule has 2 amide bonds. The number of hydrogen-bond acceptors (Lipinski definition) is 4. The van der Waals surface area contributed by atoms with Crippen molar-refractivity contribution in [3.63, 3.8) is 0 Å². The standard InChI is InChI=1S/C19H27N3O4S/c1-13-10-15-11-14(8-9-17(15)22(13)27(2,25)26)19(24)20-12-18(23)21-16-6-4-3-5-7-16/h8-9,11,13,16H,3-7,10,12H2,1-2H3,(H,20,24)(H,21,23). The first-order valence-electron chi connectivity index (χ1n) is 9.45. The van der Waals surface area contributed by atoms with Crippen LogP contribution in [0, 0.1) is 0 Å². The van der Waals surface area contributed by atoms with Gasteiger partial charge in [0, 0.05) is 17.6 Å². The Bertz CT molecular complexity index is 831. The van der Waals surface area contributed by atoms with E-state index in [2.05, 4.69) is 10.6 Å². The Labute approximate surface area is 160 Å². The number of sulfonamides is 1. The third kappa shape index (κ3) is 4.61. The van der Waals surface area contributed by atoms with Gasteiger partial charge in [0.15, 0.2) is 0 Å². The van der Waals surface area contributed by atoms with Crippen LogP contribution in [0.1, 0.15) is 54.9 Å². The number of hydrogen-bond donors (Lipinski definition) is 2. The number of amides is 2. The lowest BCUT2D eigenvalue weighted by atomic mass is 9.95. The number of nitrogens with zero attached hydrogens (tertiary/aromatic N) is 1. The first-order valence-corrected chi connectivity index (χ1v) is 11.3. The summed E-state index contributed by atoms with van der Waals surface area (Å²) in [4.78, 5) is 24.4. The fourth-order valence-electron chi connectivity index (χ4n) is 4.04. The normalized spacial score (nSPS) is 20.2. The van der Waals surface area contributed by atoms with Gasteiger partial charge in [-0.25, -0.2) is 8.42 Å². The maximum atomic E-state index is 12.4. The van der Waals surface area contributed by atoms with Crippen molar-refractivity contribution in [2.24, 2.45) is 0 Å². The molecule has 0 spiro atoms. The second-order valence-corrected chi connectivity index (χ2v) is 9.40. The maximum Gasteiger partial charge on any atom is 0.251 e. The highest BCUT2D eigenvalue weighted by atomic mass is 32.2. The van der Waals surface area contributed by atoms with Gasteiger partial charge in [-0.05, 0) is 49.9 Å². The molecule has 1 aromatic rings. The van der Waals surface area contributed by atoms with Crippen molar-refractivity contribution in [2.45, 2.75) is 57.5 Å². The predicted octanol–water partition coefficient (Wildman–Crippen LogP) is 1.58. The topological polar surface area (TPSA) is 95.6 Å². The highest BCUT2D eigenvalue weighted by molar-refractivity contribution is 7.92. The van der Waals surface area contributed by atoms with Gasteiger partial charge in [0.25, 0.3) is 5.91 Å². The van der Waals surface area contributed by atoms with Crippen LogP contribution >= 0.6 is 0 Å². The van der Waals surface area contributed by atoms with Crippen molar-refractivity contribution in [3.8, 4) is 0 Å². The number of fused-ring (bicyclic) bond motifs is 1. The number of nitrogens with one attached hydrogen (secondary N) is 2. The summed E-state index contributed by atoms with van der Waals surface area (Å²) in [5.74, 6) is -0.504. The minimum Gasteiger partial charge on any atom is -0.352 e. The van der Waals surface area contributed by atoms with Gasteiger partial charge in [-0.3, -0.25) is 13.9 Å². The summed E-state index contributed by atoms with van der Waals surface area (Å²) in [6.45, 7) is 1.79. The molecule has 1 atom stereocenters. The van der Waals surface area contributed by atoms with Crippen molar-refractivity contribution >= 4 is 27.5 Å². The third-order valence-corrected chi connectivity index (χ3v) is 6.50. The van der Waals surface area contributed by atoms with E-state index >= 15 is 0 Å². The van der Waals surface area contributed by atoms with E-state index in [1.165, 1.54) is 17.0 Å². The zero-order valence-electron chi connectivity index (χ0n) is 15.8. The molecule has 148 valence electrons. The van der Waals surface area contributed by atoms with Crippen LogP contribution in [0.3, 0.4) is 0 Å². The van der Waals surface area contributed by atoms with Crippen molar-refractivity contribution in [3.05, 3.63) is 29.3 Å². The molecule has 0 radical (unpaired) electrons. The average molecular weight is 394 g/mol. The molecule has 1 unspecified atom stereocenters. The molecule has 8 heteroatoms. The Kier molecular flexibility index (Phi) is 5.74. The Hall–Kier alpha value is -2.09. The minimum absolute atomic E-state index is 0.0573. The lowest BCUT2D eigenvalue weighted by molar-refractivity contribution is -0.121. The highest BCUT2D eigenvalue weighted by Gasteiger charge is 2.32. The molecule has 1 aromatic carbocycles. The quantitative estimate of drug-likeness (QED) is 0.794. The second kappa shape index (κ2) is 7.88. The maximum absolute atomic E-state index is 12.4. The van der Waals surface area contributed by atoms with Crippen molar-refractivity contribution < 1.29 is 18.0 Å². The van der Waals surface area contributed by atoms with E-state index in [-0.39, 0.29) is 30.4 Å². The molecule has 2 aliphatic rings. The average Bonchev–Trinajstić information content (AvgIpc) is 2.95. The largest absolute Gasteiger partial charge is 0.352 e. The summed E-state index contributed by atoms with van der Waals surface area (Å²) in [6.07, 6.45) is 7.23. The Balaban J connectivity index is 1.60. The molecule has 0 bridgehead atoms. The van der Waals surface area contributed by atoms with Crippen LogP contribution in [0.15, 0.2) is 18.2 Å². The molecule has 27 heavy (non-hydrogen) atoms. The molecule has 1 heterocycles. The van der Waals surface area contributed by atoms with Crippen LogP contribution in [0.4, 0.5) is 5.69 Å². The zero-order valence-corrected chi connectivity index (χ0v) is 16.6. The van der Waals surface area contributed by atoms with Gasteiger partial charge in [-0.2, -0.15) is 0 Å². The van der Waals surface area contributed by atoms with Gasteiger partial charge in [0.2, 0.25) is 15.9 Å². The van der Waals surface area contributed by atoms with Crippen LogP contribution in [-0.2, 0) is 21.2 Å². The molecule has 7 nitrogen and oxygen atoms in total. The van der Waals surface area contributed by atoms with Crippen molar-refractivity contribution in [1.29, 1.82) is 0 Å². The van der Waals surface area contributed by atoms with Crippen LogP contribution in [0.25, 0.3) is 0 Å². The predicted molar refractivity (Wildman–Crippen MR) is 104 cm³/mol. The van der Waals surface area contributed by atoms with Crippen molar-refractivity contribution in [2.75, 3.05) is 17.1 Å². The summed E-state index contributed by atoms with van der Waals surface area (Å²) in [6, 6.07) is 5.02. The smallest absolute Gasteiger partial charge is 0.251 e.